The van der Waals surface area contributed by atoms with E-state index in [0.717, 1.165) is 64.2 Å². The van der Waals surface area contributed by atoms with Gasteiger partial charge in [0.1, 0.15) is 6.10 Å². The Labute approximate surface area is 217 Å². The lowest BCUT2D eigenvalue weighted by Gasteiger charge is -2.14. The van der Waals surface area contributed by atoms with Gasteiger partial charge in [-0.3, -0.25) is 9.59 Å². The molecule has 0 spiro atoms. The van der Waals surface area contributed by atoms with Crippen LogP contribution in [0.25, 0.3) is 0 Å². The lowest BCUT2D eigenvalue weighted by Crippen LogP contribution is -2.16. The number of esters is 1. The predicted molar refractivity (Wildman–Crippen MR) is 149 cm³/mol. The van der Waals surface area contributed by atoms with Crippen molar-refractivity contribution in [2.24, 2.45) is 0 Å². The smallest absolute Gasteiger partial charge is 0.306 e. The van der Waals surface area contributed by atoms with Crippen LogP contribution in [-0.2, 0) is 14.3 Å². The number of carboxylic acid groups (broad SMARTS) is 1. The zero-order valence-corrected chi connectivity index (χ0v) is 23.1. The predicted octanol–water partition coefficient (Wildman–Crippen LogP) is 9.72. The van der Waals surface area contributed by atoms with Gasteiger partial charge in [-0.25, -0.2) is 0 Å². The van der Waals surface area contributed by atoms with Crippen molar-refractivity contribution in [1.82, 2.24) is 0 Å². The van der Waals surface area contributed by atoms with Gasteiger partial charge < -0.3 is 9.84 Å². The van der Waals surface area contributed by atoms with Crippen LogP contribution in [0.4, 0.5) is 0 Å². The summed E-state index contributed by atoms with van der Waals surface area (Å²) in [5.41, 5.74) is 0. The van der Waals surface area contributed by atoms with Crippen molar-refractivity contribution >= 4 is 11.9 Å². The molecule has 0 bridgehead atoms. The fourth-order valence-corrected chi connectivity index (χ4v) is 4.13. The highest BCUT2D eigenvalue weighted by atomic mass is 16.5. The zero-order chi connectivity index (χ0) is 25.8. The first-order valence-electron chi connectivity index (χ1n) is 14.8. The molecule has 0 radical (unpaired) electrons. The van der Waals surface area contributed by atoms with E-state index in [1.807, 2.05) is 0 Å². The molecule has 1 N–H and O–H groups in total. The number of ether oxygens (including phenoxy) is 1. The molecule has 4 nitrogen and oxygen atoms in total. The highest BCUT2D eigenvalue weighted by Gasteiger charge is 2.11. The molecule has 0 saturated carbocycles. The van der Waals surface area contributed by atoms with E-state index >= 15 is 0 Å². The standard InChI is InChI=1S/C31H56O4/c1-3-5-7-9-10-11-12-13-14-15-16-17-18-24-28-31(34)35-29(25-21-8-6-4-2)26-22-19-20-23-27-30(32)33/h12-13,21,25,29H,3-11,14-20,22-24,26-28H2,1-2H3,(H,32,33)/b13-12-,25-21-. The Morgan fingerprint density at radius 2 is 1.14 bits per heavy atom. The fourth-order valence-electron chi connectivity index (χ4n) is 4.13. The van der Waals surface area contributed by atoms with Gasteiger partial charge in [0.15, 0.2) is 0 Å². The van der Waals surface area contributed by atoms with Gasteiger partial charge in [-0.05, 0) is 63.9 Å². The molecule has 0 rings (SSSR count). The van der Waals surface area contributed by atoms with Crippen molar-refractivity contribution in [2.45, 2.75) is 161 Å². The van der Waals surface area contributed by atoms with E-state index < -0.39 is 5.97 Å². The van der Waals surface area contributed by atoms with Gasteiger partial charge in [0.25, 0.3) is 0 Å². The van der Waals surface area contributed by atoms with Crippen molar-refractivity contribution < 1.29 is 19.4 Å². The second-order valence-corrected chi connectivity index (χ2v) is 9.93. The first-order chi connectivity index (χ1) is 17.1. The molecule has 0 fully saturated rings. The number of aliphatic carboxylic acids is 1. The third-order valence-electron chi connectivity index (χ3n) is 6.38. The molecule has 35 heavy (non-hydrogen) atoms. The molecule has 0 aromatic heterocycles. The molecule has 0 aliphatic carbocycles. The van der Waals surface area contributed by atoms with Gasteiger partial charge >= 0.3 is 11.9 Å². The average Bonchev–Trinajstić information content (AvgIpc) is 2.83. The fraction of sp³-hybridized carbons (Fsp3) is 0.806. The summed E-state index contributed by atoms with van der Waals surface area (Å²) in [6, 6.07) is 0. The third-order valence-corrected chi connectivity index (χ3v) is 6.38. The van der Waals surface area contributed by atoms with Crippen molar-refractivity contribution in [3.63, 3.8) is 0 Å². The van der Waals surface area contributed by atoms with Gasteiger partial charge in [0.05, 0.1) is 0 Å². The lowest BCUT2D eigenvalue weighted by molar-refractivity contribution is -0.147. The monoisotopic (exact) mass is 492 g/mol. The van der Waals surface area contributed by atoms with E-state index in [-0.39, 0.29) is 18.5 Å². The quantitative estimate of drug-likeness (QED) is 0.0741. The molecule has 0 aromatic carbocycles. The Morgan fingerprint density at radius 1 is 0.629 bits per heavy atom. The molecular formula is C31H56O4. The second-order valence-electron chi connectivity index (χ2n) is 9.93. The van der Waals surface area contributed by atoms with Crippen LogP contribution >= 0.6 is 0 Å². The Bertz CT molecular complexity index is 538. The van der Waals surface area contributed by atoms with Crippen molar-refractivity contribution in [1.29, 1.82) is 0 Å². The largest absolute Gasteiger partial charge is 0.481 e. The Hall–Kier alpha value is -1.58. The van der Waals surface area contributed by atoms with E-state index in [2.05, 4.69) is 38.2 Å². The number of carbonyl (C=O) groups excluding carboxylic acids is 1. The van der Waals surface area contributed by atoms with Gasteiger partial charge in [0.2, 0.25) is 0 Å². The molecule has 0 amide bonds. The molecule has 0 aromatic rings. The molecule has 0 saturated heterocycles. The average molecular weight is 493 g/mol. The van der Waals surface area contributed by atoms with Crippen LogP contribution in [0.15, 0.2) is 24.3 Å². The zero-order valence-electron chi connectivity index (χ0n) is 23.1. The first kappa shape index (κ1) is 33.4. The lowest BCUT2D eigenvalue weighted by atomic mass is 10.1. The van der Waals surface area contributed by atoms with Gasteiger partial charge in [-0.1, -0.05) is 103 Å². The van der Waals surface area contributed by atoms with Crippen LogP contribution in [0, 0.1) is 0 Å². The maximum Gasteiger partial charge on any atom is 0.306 e. The normalized spacial score (nSPS) is 12.5. The van der Waals surface area contributed by atoms with Gasteiger partial charge in [-0.15, -0.1) is 0 Å². The maximum absolute atomic E-state index is 12.3. The number of carboxylic acids is 1. The SMILES string of the molecule is CCCC/C=C\C(CCCCCCC(=O)O)OC(=O)CCCCCCC/C=C\CCCCCCC. The highest BCUT2D eigenvalue weighted by Crippen LogP contribution is 2.14. The van der Waals surface area contributed by atoms with Crippen LogP contribution in [0.5, 0.6) is 0 Å². The van der Waals surface area contributed by atoms with Gasteiger partial charge in [0, 0.05) is 12.8 Å². The maximum atomic E-state index is 12.3. The highest BCUT2D eigenvalue weighted by molar-refractivity contribution is 5.69. The van der Waals surface area contributed by atoms with E-state index in [9.17, 15) is 9.59 Å². The summed E-state index contributed by atoms with van der Waals surface area (Å²) >= 11 is 0. The summed E-state index contributed by atoms with van der Waals surface area (Å²) in [5.74, 6) is -0.807. The molecule has 1 unspecified atom stereocenters. The summed E-state index contributed by atoms with van der Waals surface area (Å²) in [4.78, 5) is 22.9. The van der Waals surface area contributed by atoms with E-state index in [1.165, 1.54) is 64.2 Å². The summed E-state index contributed by atoms with van der Waals surface area (Å²) in [6.07, 6.45) is 32.1. The van der Waals surface area contributed by atoms with E-state index in [1.54, 1.807) is 0 Å². The third kappa shape index (κ3) is 26.9. The minimum absolute atomic E-state index is 0.0807. The summed E-state index contributed by atoms with van der Waals surface area (Å²) in [6.45, 7) is 4.43. The van der Waals surface area contributed by atoms with Crippen LogP contribution in [0.1, 0.15) is 155 Å². The summed E-state index contributed by atoms with van der Waals surface area (Å²) in [5, 5.41) is 8.73. The molecule has 0 aliphatic rings. The molecule has 204 valence electrons. The molecule has 0 heterocycles. The number of carbonyl (C=O) groups is 2. The number of rotatable bonds is 26. The molecule has 4 heteroatoms. The van der Waals surface area contributed by atoms with Crippen molar-refractivity contribution in [3.8, 4) is 0 Å². The molecular weight excluding hydrogens is 436 g/mol. The number of unbranched alkanes of at least 4 members (excludes halogenated alkanes) is 15. The molecule has 1 atom stereocenters. The minimum Gasteiger partial charge on any atom is -0.481 e. The Morgan fingerprint density at radius 3 is 1.77 bits per heavy atom. The minimum atomic E-state index is -0.726. The second kappa shape index (κ2) is 27.0. The van der Waals surface area contributed by atoms with Gasteiger partial charge in [-0.2, -0.15) is 0 Å². The van der Waals surface area contributed by atoms with Crippen molar-refractivity contribution in [3.05, 3.63) is 24.3 Å². The van der Waals surface area contributed by atoms with Crippen LogP contribution in [-0.4, -0.2) is 23.1 Å². The molecule has 0 aliphatic heterocycles. The van der Waals surface area contributed by atoms with Crippen LogP contribution in [0.3, 0.4) is 0 Å². The van der Waals surface area contributed by atoms with Crippen LogP contribution in [0.2, 0.25) is 0 Å². The number of hydrogen-bond donors (Lipinski definition) is 1. The first-order valence-corrected chi connectivity index (χ1v) is 14.8. The van der Waals surface area contributed by atoms with Crippen LogP contribution < -0.4 is 0 Å². The van der Waals surface area contributed by atoms with E-state index in [4.69, 9.17) is 9.84 Å². The van der Waals surface area contributed by atoms with E-state index in [0.29, 0.717) is 6.42 Å². The Balaban J connectivity index is 3.88. The summed E-state index contributed by atoms with van der Waals surface area (Å²) < 4.78 is 5.76. The number of hydrogen-bond acceptors (Lipinski definition) is 3. The summed E-state index contributed by atoms with van der Waals surface area (Å²) in [7, 11) is 0. The number of allylic oxidation sites excluding steroid dienone is 3. The van der Waals surface area contributed by atoms with Crippen molar-refractivity contribution in [2.75, 3.05) is 0 Å². The topological polar surface area (TPSA) is 63.6 Å². The Kier molecular flexibility index (Phi) is 25.8.